The van der Waals surface area contributed by atoms with E-state index in [1.165, 1.54) is 5.56 Å². The number of hydrogen-bond acceptors (Lipinski definition) is 6. The summed E-state index contributed by atoms with van der Waals surface area (Å²) < 4.78 is 7.23. The third-order valence-electron chi connectivity index (χ3n) is 6.47. The molecule has 198 valence electrons. The van der Waals surface area contributed by atoms with Crippen molar-refractivity contribution in [2.24, 2.45) is 0 Å². The number of nitrogens with one attached hydrogen (secondary N) is 2. The van der Waals surface area contributed by atoms with Crippen molar-refractivity contribution in [3.8, 4) is 0 Å². The van der Waals surface area contributed by atoms with Crippen molar-refractivity contribution in [3.63, 3.8) is 0 Å². The van der Waals surface area contributed by atoms with Crippen molar-refractivity contribution in [3.05, 3.63) is 59.7 Å². The molecule has 2 amide bonds. The standard InChI is InChI=1S/C28H38N6O3/c1-28(2,3)37-27(36)31-17-9-16-29-25(35)19-34-22-13-6-5-12-21(22)32-24(34)18-33(4)23-14-7-10-20-11-8-15-30-26(20)23/h5-6,8,11-13,15,23H,7,9-10,14,16-19H2,1-4H3,(H,29,35)(H,31,36). The molecule has 1 aliphatic carbocycles. The molecule has 2 N–H and O–H groups in total. The normalized spacial score (nSPS) is 15.4. The Labute approximate surface area is 218 Å². The summed E-state index contributed by atoms with van der Waals surface area (Å²) >= 11 is 0. The highest BCUT2D eigenvalue weighted by Gasteiger charge is 2.26. The fourth-order valence-electron chi connectivity index (χ4n) is 4.79. The molecule has 1 aliphatic rings. The molecule has 0 radical (unpaired) electrons. The summed E-state index contributed by atoms with van der Waals surface area (Å²) in [5, 5.41) is 5.67. The van der Waals surface area contributed by atoms with Crippen LogP contribution in [-0.4, -0.2) is 57.2 Å². The molecule has 1 unspecified atom stereocenters. The molecule has 0 saturated heterocycles. The fourth-order valence-corrected chi connectivity index (χ4v) is 4.79. The molecule has 1 atom stereocenters. The number of benzene rings is 1. The maximum Gasteiger partial charge on any atom is 0.407 e. The van der Waals surface area contributed by atoms with Crippen LogP contribution in [0.4, 0.5) is 4.79 Å². The predicted molar refractivity (Wildman–Crippen MR) is 143 cm³/mol. The minimum Gasteiger partial charge on any atom is -0.444 e. The summed E-state index contributed by atoms with van der Waals surface area (Å²) in [6, 6.07) is 12.3. The lowest BCUT2D eigenvalue weighted by molar-refractivity contribution is -0.121. The van der Waals surface area contributed by atoms with E-state index in [-0.39, 0.29) is 18.5 Å². The Balaban J connectivity index is 1.37. The molecule has 4 rings (SSSR count). The third kappa shape index (κ3) is 7.07. The van der Waals surface area contributed by atoms with E-state index in [0.717, 1.165) is 41.8 Å². The van der Waals surface area contributed by atoms with E-state index < -0.39 is 11.7 Å². The number of aryl methyl sites for hydroxylation is 1. The number of imidazole rings is 1. The Hall–Kier alpha value is -3.46. The van der Waals surface area contributed by atoms with E-state index in [1.54, 1.807) is 0 Å². The van der Waals surface area contributed by atoms with Crippen LogP contribution in [0, 0.1) is 0 Å². The van der Waals surface area contributed by atoms with Gasteiger partial charge < -0.3 is 19.9 Å². The largest absolute Gasteiger partial charge is 0.444 e. The molecule has 2 aromatic heterocycles. The van der Waals surface area contributed by atoms with E-state index in [4.69, 9.17) is 9.72 Å². The summed E-state index contributed by atoms with van der Waals surface area (Å²) in [5.74, 6) is 0.766. The molecule has 3 aromatic rings. The quantitative estimate of drug-likeness (QED) is 0.426. The van der Waals surface area contributed by atoms with Crippen LogP contribution in [0.15, 0.2) is 42.6 Å². The first-order chi connectivity index (χ1) is 17.7. The summed E-state index contributed by atoms with van der Waals surface area (Å²) in [5.41, 5.74) is 3.75. The van der Waals surface area contributed by atoms with E-state index in [2.05, 4.69) is 33.6 Å². The molecular formula is C28H38N6O3. The topological polar surface area (TPSA) is 101 Å². The molecule has 2 heterocycles. The maximum atomic E-state index is 12.8. The van der Waals surface area contributed by atoms with Gasteiger partial charge >= 0.3 is 6.09 Å². The molecule has 0 aliphatic heterocycles. The van der Waals surface area contributed by atoms with Crippen LogP contribution in [0.5, 0.6) is 0 Å². The number of fused-ring (bicyclic) bond motifs is 2. The number of aromatic nitrogens is 3. The van der Waals surface area contributed by atoms with E-state index >= 15 is 0 Å². The predicted octanol–water partition coefficient (Wildman–Crippen LogP) is 3.97. The highest BCUT2D eigenvalue weighted by atomic mass is 16.6. The number of carbonyl (C=O) groups excluding carboxylic acids is 2. The van der Waals surface area contributed by atoms with Gasteiger partial charge in [-0.3, -0.25) is 14.7 Å². The first-order valence-electron chi connectivity index (χ1n) is 13.0. The number of para-hydroxylation sites is 2. The van der Waals surface area contributed by atoms with Crippen LogP contribution >= 0.6 is 0 Å². The number of pyridine rings is 1. The lowest BCUT2D eigenvalue weighted by Crippen LogP contribution is -2.35. The number of amides is 2. The van der Waals surface area contributed by atoms with Crippen LogP contribution < -0.4 is 10.6 Å². The number of carbonyl (C=O) groups is 2. The van der Waals surface area contributed by atoms with Crippen molar-refractivity contribution in [2.45, 2.75) is 71.2 Å². The van der Waals surface area contributed by atoms with Crippen LogP contribution in [0.25, 0.3) is 11.0 Å². The Kier molecular flexibility index (Phi) is 8.43. The molecule has 1 aromatic carbocycles. The number of alkyl carbamates (subject to hydrolysis) is 1. The molecule has 0 spiro atoms. The van der Waals surface area contributed by atoms with Gasteiger partial charge in [-0.15, -0.1) is 0 Å². The van der Waals surface area contributed by atoms with Gasteiger partial charge in [0.25, 0.3) is 0 Å². The van der Waals surface area contributed by atoms with Gasteiger partial charge in [-0.1, -0.05) is 18.2 Å². The summed E-state index contributed by atoms with van der Waals surface area (Å²) in [6.45, 7) is 7.15. The zero-order valence-corrected chi connectivity index (χ0v) is 22.3. The zero-order chi connectivity index (χ0) is 26.4. The first kappa shape index (κ1) is 26.6. The van der Waals surface area contributed by atoms with Crippen molar-refractivity contribution in [1.29, 1.82) is 0 Å². The van der Waals surface area contributed by atoms with Gasteiger partial charge in [0.05, 0.1) is 29.3 Å². The minimum atomic E-state index is -0.533. The highest BCUT2D eigenvalue weighted by molar-refractivity contribution is 5.81. The lowest BCUT2D eigenvalue weighted by Gasteiger charge is -2.32. The Bertz CT molecular complexity index is 1230. The highest BCUT2D eigenvalue weighted by Crippen LogP contribution is 2.33. The average Bonchev–Trinajstić information content (AvgIpc) is 3.19. The molecule has 9 nitrogen and oxygen atoms in total. The SMILES string of the molecule is CN(Cc1nc2ccccc2n1CC(=O)NCCCNC(=O)OC(C)(C)C)C1CCCc2cccnc21. The van der Waals surface area contributed by atoms with E-state index in [0.29, 0.717) is 26.1 Å². The van der Waals surface area contributed by atoms with Gasteiger partial charge in [-0.25, -0.2) is 9.78 Å². The Morgan fingerprint density at radius 1 is 1.14 bits per heavy atom. The summed E-state index contributed by atoms with van der Waals surface area (Å²) in [6.07, 6.45) is 5.29. The van der Waals surface area contributed by atoms with Gasteiger partial charge in [-0.2, -0.15) is 0 Å². The van der Waals surface area contributed by atoms with Crippen LogP contribution in [-0.2, 0) is 29.0 Å². The van der Waals surface area contributed by atoms with Gasteiger partial charge in [-0.05, 0) is 77.3 Å². The second-order valence-corrected chi connectivity index (χ2v) is 10.6. The average molecular weight is 507 g/mol. The zero-order valence-electron chi connectivity index (χ0n) is 22.3. The minimum absolute atomic E-state index is 0.0889. The van der Waals surface area contributed by atoms with Crippen molar-refractivity contribution in [2.75, 3.05) is 20.1 Å². The smallest absolute Gasteiger partial charge is 0.407 e. The van der Waals surface area contributed by atoms with Crippen molar-refractivity contribution in [1.82, 2.24) is 30.1 Å². The molecule has 0 fully saturated rings. The van der Waals surface area contributed by atoms with Crippen LogP contribution in [0.2, 0.25) is 0 Å². The number of rotatable bonds is 9. The van der Waals surface area contributed by atoms with Gasteiger partial charge in [0, 0.05) is 19.3 Å². The Morgan fingerprint density at radius 3 is 2.73 bits per heavy atom. The number of ether oxygens (including phenoxy) is 1. The summed E-state index contributed by atoms with van der Waals surface area (Å²) in [4.78, 5) is 36.5. The summed E-state index contributed by atoms with van der Waals surface area (Å²) in [7, 11) is 2.11. The second-order valence-electron chi connectivity index (χ2n) is 10.6. The van der Waals surface area contributed by atoms with Gasteiger partial charge in [0.2, 0.25) is 5.91 Å². The monoisotopic (exact) mass is 506 g/mol. The second kappa shape index (κ2) is 11.7. The molecular weight excluding hydrogens is 468 g/mol. The van der Waals surface area contributed by atoms with Gasteiger partial charge in [0.1, 0.15) is 18.0 Å². The third-order valence-corrected chi connectivity index (χ3v) is 6.47. The first-order valence-corrected chi connectivity index (χ1v) is 13.0. The number of hydrogen-bond donors (Lipinski definition) is 2. The van der Waals surface area contributed by atoms with Crippen molar-refractivity contribution < 1.29 is 14.3 Å². The van der Waals surface area contributed by atoms with E-state index in [1.807, 2.05) is 61.9 Å². The molecule has 0 saturated carbocycles. The maximum absolute atomic E-state index is 12.8. The molecule has 37 heavy (non-hydrogen) atoms. The van der Waals surface area contributed by atoms with Crippen molar-refractivity contribution >= 4 is 23.0 Å². The van der Waals surface area contributed by atoms with Gasteiger partial charge in [0.15, 0.2) is 0 Å². The Morgan fingerprint density at radius 2 is 1.92 bits per heavy atom. The number of nitrogens with zero attached hydrogens (tertiary/aromatic N) is 4. The van der Waals surface area contributed by atoms with Crippen LogP contribution in [0.1, 0.15) is 63.2 Å². The lowest BCUT2D eigenvalue weighted by atomic mass is 9.91. The fraction of sp³-hybridized carbons (Fsp3) is 0.500. The van der Waals surface area contributed by atoms with Crippen LogP contribution in [0.3, 0.4) is 0 Å². The molecule has 0 bridgehead atoms. The van der Waals surface area contributed by atoms with E-state index in [9.17, 15) is 9.59 Å². The molecule has 9 heteroatoms.